The van der Waals surface area contributed by atoms with Gasteiger partial charge in [0.15, 0.2) is 11.6 Å². The van der Waals surface area contributed by atoms with Gasteiger partial charge in [-0.1, -0.05) is 18.2 Å². The van der Waals surface area contributed by atoms with Crippen LogP contribution in [0.5, 0.6) is 0 Å². The van der Waals surface area contributed by atoms with E-state index in [9.17, 15) is 17.2 Å². The van der Waals surface area contributed by atoms with Crippen LogP contribution >= 0.6 is 0 Å². The monoisotopic (exact) mass is 299 g/mol. The highest BCUT2D eigenvalue weighted by Crippen LogP contribution is 2.24. The molecule has 2 rings (SSSR count). The van der Waals surface area contributed by atoms with E-state index in [2.05, 4.69) is 5.43 Å². The zero-order chi connectivity index (χ0) is 14.8. The van der Waals surface area contributed by atoms with Crippen molar-refractivity contribution in [3.05, 3.63) is 54.1 Å². The number of rotatable bonds is 4. The van der Waals surface area contributed by atoms with Crippen LogP contribution in [0.3, 0.4) is 0 Å². The fourth-order valence-electron chi connectivity index (χ4n) is 1.60. The number of hydrogen-bond acceptors (Lipinski definition) is 4. The first-order chi connectivity index (χ1) is 9.45. The molecule has 0 aromatic heterocycles. The van der Waals surface area contributed by atoms with Gasteiger partial charge in [0, 0.05) is 0 Å². The van der Waals surface area contributed by atoms with Crippen molar-refractivity contribution in [3.63, 3.8) is 0 Å². The first-order valence-corrected chi connectivity index (χ1v) is 6.96. The summed E-state index contributed by atoms with van der Waals surface area (Å²) >= 11 is 0. The molecular weight excluding hydrogens is 288 g/mol. The van der Waals surface area contributed by atoms with E-state index in [0.29, 0.717) is 0 Å². The van der Waals surface area contributed by atoms with E-state index in [1.807, 2.05) is 4.72 Å². The number of nitrogens with one attached hydrogen (secondary N) is 2. The van der Waals surface area contributed by atoms with Crippen LogP contribution in [0.1, 0.15) is 0 Å². The van der Waals surface area contributed by atoms with E-state index in [1.54, 1.807) is 6.07 Å². The SMILES string of the molecule is NNc1ccccc1S(=O)(=O)Nc1cccc(F)c1F. The molecule has 0 aliphatic heterocycles. The Balaban J connectivity index is 2.44. The number of halogens is 2. The molecule has 5 nitrogen and oxygen atoms in total. The summed E-state index contributed by atoms with van der Waals surface area (Å²) in [6.07, 6.45) is 0. The summed E-state index contributed by atoms with van der Waals surface area (Å²) in [6.45, 7) is 0. The first-order valence-electron chi connectivity index (χ1n) is 5.48. The second-order valence-corrected chi connectivity index (χ2v) is 5.50. The average Bonchev–Trinajstić information content (AvgIpc) is 2.43. The van der Waals surface area contributed by atoms with Gasteiger partial charge in [-0.25, -0.2) is 17.2 Å². The van der Waals surface area contributed by atoms with Gasteiger partial charge < -0.3 is 5.43 Å². The summed E-state index contributed by atoms with van der Waals surface area (Å²) < 4.78 is 52.8. The third kappa shape index (κ3) is 2.70. The van der Waals surface area contributed by atoms with Gasteiger partial charge in [-0.05, 0) is 24.3 Å². The van der Waals surface area contributed by atoms with Crippen molar-refractivity contribution in [1.29, 1.82) is 0 Å². The normalized spacial score (nSPS) is 11.2. The third-order valence-corrected chi connectivity index (χ3v) is 3.95. The average molecular weight is 299 g/mol. The number of sulfonamides is 1. The smallest absolute Gasteiger partial charge is 0.264 e. The quantitative estimate of drug-likeness (QED) is 0.596. The van der Waals surface area contributed by atoms with Gasteiger partial charge in [0.25, 0.3) is 10.0 Å². The topological polar surface area (TPSA) is 84.2 Å². The van der Waals surface area contributed by atoms with Crippen molar-refractivity contribution < 1.29 is 17.2 Å². The molecule has 0 atom stereocenters. The van der Waals surface area contributed by atoms with Gasteiger partial charge in [0.1, 0.15) is 4.90 Å². The Hall–Kier alpha value is -2.19. The van der Waals surface area contributed by atoms with Crippen LogP contribution in [0.15, 0.2) is 47.4 Å². The molecule has 0 fully saturated rings. The fourth-order valence-corrected chi connectivity index (χ4v) is 2.83. The lowest BCUT2D eigenvalue weighted by molar-refractivity contribution is 0.511. The Morgan fingerprint density at radius 2 is 1.60 bits per heavy atom. The summed E-state index contributed by atoms with van der Waals surface area (Å²) in [4.78, 5) is -0.175. The number of hydrazine groups is 1. The van der Waals surface area contributed by atoms with Crippen molar-refractivity contribution in [2.45, 2.75) is 4.90 Å². The van der Waals surface area contributed by atoms with E-state index in [0.717, 1.165) is 12.1 Å². The Morgan fingerprint density at radius 1 is 0.950 bits per heavy atom. The fraction of sp³-hybridized carbons (Fsp3) is 0. The molecule has 0 aliphatic carbocycles. The van der Waals surface area contributed by atoms with Crippen molar-refractivity contribution in [3.8, 4) is 0 Å². The molecule has 2 aromatic rings. The highest BCUT2D eigenvalue weighted by atomic mass is 32.2. The maximum Gasteiger partial charge on any atom is 0.264 e. The Morgan fingerprint density at radius 3 is 2.30 bits per heavy atom. The molecule has 8 heteroatoms. The van der Waals surface area contributed by atoms with Crippen molar-refractivity contribution in [2.75, 3.05) is 10.1 Å². The molecule has 4 N–H and O–H groups in total. The molecule has 0 radical (unpaired) electrons. The minimum atomic E-state index is -4.09. The maximum absolute atomic E-state index is 13.5. The predicted octanol–water partition coefficient (Wildman–Crippen LogP) is 2.05. The molecule has 0 heterocycles. The third-order valence-electron chi connectivity index (χ3n) is 2.53. The van der Waals surface area contributed by atoms with Crippen molar-refractivity contribution in [1.82, 2.24) is 0 Å². The molecule has 20 heavy (non-hydrogen) atoms. The second-order valence-electron chi connectivity index (χ2n) is 3.85. The van der Waals surface area contributed by atoms with Gasteiger partial charge >= 0.3 is 0 Å². The number of nitrogens with two attached hydrogens (primary N) is 1. The Kier molecular flexibility index (Phi) is 3.86. The molecule has 2 aromatic carbocycles. The van der Waals surface area contributed by atoms with E-state index in [-0.39, 0.29) is 10.6 Å². The lowest BCUT2D eigenvalue weighted by atomic mass is 10.3. The highest BCUT2D eigenvalue weighted by Gasteiger charge is 2.20. The van der Waals surface area contributed by atoms with E-state index in [4.69, 9.17) is 5.84 Å². The zero-order valence-corrected chi connectivity index (χ0v) is 10.9. The van der Waals surface area contributed by atoms with E-state index in [1.165, 1.54) is 24.3 Å². The molecule has 106 valence electrons. The predicted molar refractivity (Wildman–Crippen MR) is 71.4 cm³/mol. The molecule has 0 aliphatic rings. The van der Waals surface area contributed by atoms with Crippen LogP contribution in [0.25, 0.3) is 0 Å². The minimum Gasteiger partial charge on any atom is -0.323 e. The van der Waals surface area contributed by atoms with Crippen molar-refractivity contribution >= 4 is 21.4 Å². The van der Waals surface area contributed by atoms with Crippen LogP contribution in [0.2, 0.25) is 0 Å². The van der Waals surface area contributed by atoms with Gasteiger partial charge in [-0.2, -0.15) is 0 Å². The Labute approximate surface area is 114 Å². The van der Waals surface area contributed by atoms with Crippen LogP contribution in [-0.2, 0) is 10.0 Å². The van der Waals surface area contributed by atoms with Crippen LogP contribution < -0.4 is 16.0 Å². The van der Waals surface area contributed by atoms with Crippen LogP contribution in [-0.4, -0.2) is 8.42 Å². The van der Waals surface area contributed by atoms with E-state index < -0.39 is 27.3 Å². The van der Waals surface area contributed by atoms with Gasteiger partial charge in [0.05, 0.1) is 11.4 Å². The molecule has 0 saturated heterocycles. The molecule has 0 spiro atoms. The van der Waals surface area contributed by atoms with E-state index >= 15 is 0 Å². The van der Waals surface area contributed by atoms with Crippen LogP contribution in [0.4, 0.5) is 20.2 Å². The molecule has 0 unspecified atom stereocenters. The first kappa shape index (κ1) is 14.2. The number of anilines is 2. The highest BCUT2D eigenvalue weighted by molar-refractivity contribution is 7.92. The summed E-state index contributed by atoms with van der Waals surface area (Å²) in [6, 6.07) is 9.00. The largest absolute Gasteiger partial charge is 0.323 e. The Bertz CT molecular complexity index is 735. The maximum atomic E-state index is 13.5. The lowest BCUT2D eigenvalue weighted by Gasteiger charge is -2.12. The lowest BCUT2D eigenvalue weighted by Crippen LogP contribution is -2.18. The number of para-hydroxylation sites is 1. The molecule has 0 bridgehead atoms. The summed E-state index contributed by atoms with van der Waals surface area (Å²) in [5.74, 6) is 2.81. The minimum absolute atomic E-state index is 0.136. The van der Waals surface area contributed by atoms with Gasteiger partial charge in [-0.3, -0.25) is 10.6 Å². The molecule has 0 saturated carbocycles. The molecule has 0 amide bonds. The summed E-state index contributed by atoms with van der Waals surface area (Å²) in [5, 5.41) is 0. The zero-order valence-electron chi connectivity index (χ0n) is 10.1. The summed E-state index contributed by atoms with van der Waals surface area (Å²) in [7, 11) is -4.09. The number of benzene rings is 2. The number of nitrogen functional groups attached to an aromatic ring is 1. The number of hydrogen-bond donors (Lipinski definition) is 3. The molecular formula is C12H11F2N3O2S. The van der Waals surface area contributed by atoms with Gasteiger partial charge in [0.2, 0.25) is 0 Å². The van der Waals surface area contributed by atoms with Crippen LogP contribution in [0, 0.1) is 11.6 Å². The second kappa shape index (κ2) is 5.43. The standard InChI is InChI=1S/C12H11F2N3O2S/c13-8-4-3-6-10(12(8)14)17-20(18,19)11-7-2-1-5-9(11)16-15/h1-7,16-17H,15H2. The van der Waals surface area contributed by atoms with Gasteiger partial charge in [-0.15, -0.1) is 0 Å². The summed E-state index contributed by atoms with van der Waals surface area (Å²) in [5.41, 5.74) is 1.89. The van der Waals surface area contributed by atoms with Crippen molar-refractivity contribution in [2.24, 2.45) is 5.84 Å².